The van der Waals surface area contributed by atoms with E-state index < -0.39 is 58.5 Å². The minimum absolute atomic E-state index is 0.0856. The fourth-order valence-corrected chi connectivity index (χ4v) is 13.0. The number of carboxylic acids is 1. The number of hydrogen-bond acceptors (Lipinski definition) is 25. The summed E-state index contributed by atoms with van der Waals surface area (Å²) >= 11 is 18.2. The van der Waals surface area contributed by atoms with Crippen molar-refractivity contribution in [1.82, 2.24) is 82.2 Å². The van der Waals surface area contributed by atoms with Crippen LogP contribution in [0.4, 0.5) is 65.1 Å². The summed E-state index contributed by atoms with van der Waals surface area (Å²) in [5, 5.41) is 44.5. The lowest BCUT2D eigenvalue weighted by Gasteiger charge is -2.31. The number of hydrogen-bond donors (Lipinski definition) is 11. The van der Waals surface area contributed by atoms with Crippen molar-refractivity contribution in [3.05, 3.63) is 204 Å². The number of rotatable bonds is 29. The molecule has 626 valence electrons. The minimum Gasteiger partial charge on any atom is -0.481 e. The number of aromatic nitrogens is 15. The van der Waals surface area contributed by atoms with E-state index in [2.05, 4.69) is 114 Å². The molecule has 4 aliphatic rings. The maximum atomic E-state index is 14.5. The zero-order valence-electron chi connectivity index (χ0n) is 64.7. The molecule has 9 aromatic heterocycles. The van der Waals surface area contributed by atoms with Crippen molar-refractivity contribution >= 4 is 166 Å². The zero-order chi connectivity index (χ0) is 84.7. The highest BCUT2D eigenvalue weighted by Crippen LogP contribution is 2.34. The predicted octanol–water partition coefficient (Wildman–Crippen LogP) is 5.45. The molecule has 0 bridgehead atoms. The van der Waals surface area contributed by atoms with Crippen LogP contribution in [-0.4, -0.2) is 175 Å². The quantitative estimate of drug-likeness (QED) is 0.0205. The number of nitrogens with zero attached hydrogens (tertiary/aromatic N) is 14. The fourth-order valence-electron chi connectivity index (χ4n) is 12.4. The van der Waals surface area contributed by atoms with Gasteiger partial charge < -0.3 is 81.7 Å². The third-order valence-electron chi connectivity index (χ3n) is 19.5. The SMILES string of the molecule is C=c1/c(=C/c2cnn3c(NC4CC4)cc(Nc4cc(Cl)ccc4F)nc23)[nH]c(=O)n1COC(=O)C(C)N.C=c1/c(=C/c2cnn3c(NC4CC4)cc(Nc4cc(Cl)ccc4F)nc23)[nH]c(=O)n1COC(=O)CCCC(=O)O.C=c1/c(=C/c2cnn3c(NC4CC4)cc(Nc4cc(Cl)ccc4F)nc23)[nH]c(=O)n1COC(=O)CCN1CCN(C)CC1. The lowest BCUT2D eigenvalue weighted by atomic mass is 10.2. The van der Waals surface area contributed by atoms with Gasteiger partial charge in [0.05, 0.1) is 74.2 Å². The van der Waals surface area contributed by atoms with Crippen LogP contribution < -0.4 is 86.8 Å². The number of aliphatic carboxylic acids is 1. The molecule has 3 saturated carbocycles. The van der Waals surface area contributed by atoms with Crippen LogP contribution in [0.15, 0.2) is 106 Å². The lowest BCUT2D eigenvalue weighted by Crippen LogP contribution is -2.45. The van der Waals surface area contributed by atoms with Crippen LogP contribution in [0.3, 0.4) is 0 Å². The largest absolute Gasteiger partial charge is 0.481 e. The van der Waals surface area contributed by atoms with Gasteiger partial charge in [0.1, 0.15) is 58.4 Å². The van der Waals surface area contributed by atoms with Crippen molar-refractivity contribution in [3.63, 3.8) is 0 Å². The second-order valence-corrected chi connectivity index (χ2v) is 30.3. The predicted molar refractivity (Wildman–Crippen MR) is 445 cm³/mol. The molecule has 12 aromatic rings. The van der Waals surface area contributed by atoms with E-state index in [1.807, 2.05) is 0 Å². The highest BCUT2D eigenvalue weighted by molar-refractivity contribution is 6.31. The molecule has 3 aromatic carbocycles. The van der Waals surface area contributed by atoms with Gasteiger partial charge in [-0.25, -0.2) is 42.5 Å². The van der Waals surface area contributed by atoms with Crippen molar-refractivity contribution < 1.29 is 51.7 Å². The minimum atomic E-state index is -1.01. The number of nitrogens with one attached hydrogen (secondary N) is 9. The van der Waals surface area contributed by atoms with Crippen LogP contribution >= 0.6 is 34.8 Å². The Balaban J connectivity index is 0.000000148. The smallest absolute Gasteiger partial charge is 0.329 e. The van der Waals surface area contributed by atoms with Gasteiger partial charge in [0, 0.05) is 114 Å². The first-order chi connectivity index (χ1) is 57.6. The number of likely N-dealkylation sites (N-methyl/N-ethyl adjacent to an activating group) is 1. The van der Waals surface area contributed by atoms with Gasteiger partial charge in [0.25, 0.3) is 0 Å². The highest BCUT2D eigenvalue weighted by Gasteiger charge is 2.28. The summed E-state index contributed by atoms with van der Waals surface area (Å²) in [4.78, 5) is 111. The molecule has 0 amide bonds. The Kier molecular flexibility index (Phi) is 25.4. The Hall–Kier alpha value is -13.0. The number of carbonyl (C=O) groups is 4. The van der Waals surface area contributed by atoms with E-state index in [0.29, 0.717) is 135 Å². The molecule has 0 radical (unpaired) electrons. The third-order valence-corrected chi connectivity index (χ3v) is 20.3. The van der Waals surface area contributed by atoms with Crippen molar-refractivity contribution in [1.29, 1.82) is 0 Å². The summed E-state index contributed by atoms with van der Waals surface area (Å²) in [5.41, 5.74) is 7.56. The third kappa shape index (κ3) is 20.7. The number of carboxylic acid groups (broad SMARTS) is 1. The molecule has 35 nitrogen and oxygen atoms in total. The Labute approximate surface area is 692 Å². The van der Waals surface area contributed by atoms with Gasteiger partial charge >= 0.3 is 40.9 Å². The topological polar surface area (TPSA) is 425 Å². The first-order valence-corrected chi connectivity index (χ1v) is 39.2. The second kappa shape index (κ2) is 36.5. The number of nitrogens with two attached hydrogens (primary N) is 1. The molecular weight excluding hydrogens is 1620 g/mol. The maximum Gasteiger partial charge on any atom is 0.329 e. The number of piperazine rings is 1. The van der Waals surface area contributed by atoms with Crippen molar-refractivity contribution in [2.45, 2.75) is 115 Å². The summed E-state index contributed by atoms with van der Waals surface area (Å²) in [6.07, 6.45) is 16.1. The molecule has 3 aliphatic carbocycles. The maximum absolute atomic E-state index is 14.5. The van der Waals surface area contributed by atoms with Crippen LogP contribution in [0.1, 0.15) is 87.8 Å². The Morgan fingerprint density at radius 1 is 0.533 bits per heavy atom. The molecule has 1 atom stereocenters. The van der Waals surface area contributed by atoms with E-state index in [4.69, 9.17) is 59.9 Å². The second-order valence-electron chi connectivity index (χ2n) is 29.0. The molecule has 1 saturated heterocycles. The average molecular weight is 1710 g/mol. The van der Waals surface area contributed by atoms with Gasteiger partial charge in [-0.1, -0.05) is 54.5 Å². The van der Waals surface area contributed by atoms with Crippen LogP contribution in [0, 0.1) is 17.5 Å². The lowest BCUT2D eigenvalue weighted by molar-refractivity contribution is -0.149. The molecule has 16 rings (SSSR count). The summed E-state index contributed by atoms with van der Waals surface area (Å²) in [7, 11) is 2.08. The number of halogens is 6. The normalized spacial score (nSPS) is 15.0. The van der Waals surface area contributed by atoms with Gasteiger partial charge in [-0.3, -0.25) is 32.9 Å². The van der Waals surface area contributed by atoms with Gasteiger partial charge in [0.15, 0.2) is 37.1 Å². The highest BCUT2D eigenvalue weighted by atomic mass is 35.5. The van der Waals surface area contributed by atoms with Gasteiger partial charge in [0.2, 0.25) is 0 Å². The number of ether oxygens (including phenoxy) is 3. The zero-order valence-corrected chi connectivity index (χ0v) is 67.0. The van der Waals surface area contributed by atoms with Crippen LogP contribution in [0.25, 0.3) is 54.9 Å². The van der Waals surface area contributed by atoms with E-state index in [9.17, 15) is 46.7 Å². The fraction of sp³-hybridized carbons (Fsp3) is 0.304. The van der Waals surface area contributed by atoms with Crippen LogP contribution in [0.2, 0.25) is 15.1 Å². The Morgan fingerprint density at radius 2 is 0.875 bits per heavy atom. The summed E-state index contributed by atoms with van der Waals surface area (Å²) in [6, 6.07) is 17.9. The molecule has 1 aliphatic heterocycles. The standard InChI is InChI=1S/C29H33ClFN9O3.C26H25ClFN7O5.C24H24ClFN8O3/c1-18-23(35-29(42)39(18)17-43-27(41)7-8-38-11-9-37(2)10-12-38)13-19-16-32-40-26(33-21-4-5-21)15-25(36-28(19)40)34-24-14-20(30)3-6-22(24)31;1-14-19(32-26(39)34(14)13-40-24(38)4-2-3-23(36)37)9-15-12-29-35-22(30-17-6-7-17)11-21(33-25(15)35)31-20-10-16(27)5-8-18(20)28;1-12(27)23(35)37-11-33-13(2)18(31-24(33)36)7-14-10-28-34-21(29-16-4-5-16)9-20(32-22(14)34)30-19-8-15(25)3-6-17(19)26/h3,6,13-16,21,33H,1,4-5,7-12,17H2,2H3,(H,34,36)(H,35,42);5,8-12,17,30H,1-4,6-7,13H2,(H,31,33)(H,32,39)(H,36,37);3,6-10,12,16,29H,2,4-5,11,27H2,1H3,(H,30,32)(H,31,36)/b23-13-;19-9-;18-7-. The molecular formula is C79H82Cl3F3N24O11. The van der Waals surface area contributed by atoms with Crippen molar-refractivity contribution in [2.75, 3.05) is 71.7 Å². The van der Waals surface area contributed by atoms with Crippen LogP contribution in [0.5, 0.6) is 0 Å². The molecule has 10 heterocycles. The number of H-pyrrole nitrogens is 3. The summed E-state index contributed by atoms with van der Waals surface area (Å²) in [6.45, 7) is 16.8. The van der Waals surface area contributed by atoms with Gasteiger partial charge in [-0.15, -0.1) is 0 Å². The van der Waals surface area contributed by atoms with Crippen molar-refractivity contribution in [2.24, 2.45) is 5.73 Å². The van der Waals surface area contributed by atoms with E-state index in [0.717, 1.165) is 69.3 Å². The number of esters is 3. The summed E-state index contributed by atoms with van der Waals surface area (Å²) in [5.74, 6) is -0.995. The Morgan fingerprint density at radius 3 is 1.21 bits per heavy atom. The molecule has 12 N–H and O–H groups in total. The van der Waals surface area contributed by atoms with Crippen LogP contribution in [-0.2, 0) is 53.6 Å². The number of carbonyl (C=O) groups excluding carboxylic acids is 3. The van der Waals surface area contributed by atoms with E-state index in [1.165, 1.54) is 70.7 Å². The molecule has 4 fully saturated rings. The number of benzene rings is 3. The number of fused-ring (bicyclic) bond motifs is 3. The monoisotopic (exact) mass is 1700 g/mol. The van der Waals surface area contributed by atoms with Gasteiger partial charge in [-0.2, -0.15) is 28.8 Å². The first kappa shape index (κ1) is 83.5. The van der Waals surface area contributed by atoms with Gasteiger partial charge in [-0.05, 0) is 132 Å². The molecule has 120 heavy (non-hydrogen) atoms. The van der Waals surface area contributed by atoms with E-state index in [-0.39, 0.29) is 74.3 Å². The number of anilines is 9. The number of imidazole rings is 3. The number of aromatic amines is 3. The average Bonchev–Trinajstić information content (AvgIpc) is 1.62. The molecule has 0 spiro atoms. The van der Waals surface area contributed by atoms with E-state index in [1.54, 1.807) is 68.6 Å². The van der Waals surface area contributed by atoms with Crippen molar-refractivity contribution in [3.8, 4) is 0 Å². The van der Waals surface area contributed by atoms with E-state index >= 15 is 0 Å². The Bertz CT molecular complexity index is 6500. The molecule has 1 unspecified atom stereocenters. The molecule has 41 heteroatoms. The summed E-state index contributed by atoms with van der Waals surface area (Å²) < 4.78 is 67.3. The first-order valence-electron chi connectivity index (χ1n) is 38.1.